The minimum absolute atomic E-state index is 0.0649. The predicted octanol–water partition coefficient (Wildman–Crippen LogP) is 2.46. The summed E-state index contributed by atoms with van der Waals surface area (Å²) in [6.45, 7) is 2.28. The van der Waals surface area contributed by atoms with Crippen LogP contribution < -0.4 is 4.90 Å². The van der Waals surface area contributed by atoms with Crippen molar-refractivity contribution in [3.05, 3.63) is 63.5 Å². The van der Waals surface area contributed by atoms with E-state index in [0.29, 0.717) is 12.1 Å². The Balaban J connectivity index is 2.00. The number of rotatable bonds is 2. The van der Waals surface area contributed by atoms with Gasteiger partial charge in [0.05, 0.1) is 17.0 Å². The molecule has 1 aliphatic heterocycles. The summed E-state index contributed by atoms with van der Waals surface area (Å²) in [5, 5.41) is 10.8. The van der Waals surface area contributed by atoms with Crippen LogP contribution in [-0.2, 0) is 6.54 Å². The number of nitrogens with zero attached hydrogens (tertiary/aromatic N) is 3. The Kier molecular flexibility index (Phi) is 2.71. The maximum atomic E-state index is 12.4. The smallest absolute Gasteiger partial charge is 0.270 e. The van der Waals surface area contributed by atoms with Gasteiger partial charge in [0.2, 0.25) is 0 Å². The van der Waals surface area contributed by atoms with Crippen LogP contribution in [0.4, 0.5) is 11.4 Å². The number of aromatic nitrogens is 1. The molecule has 0 N–H and O–H groups in total. The summed E-state index contributed by atoms with van der Waals surface area (Å²) in [5.41, 5.74) is 2.70. The Labute approximate surface area is 114 Å². The van der Waals surface area contributed by atoms with E-state index >= 15 is 0 Å². The van der Waals surface area contributed by atoms with Gasteiger partial charge in [-0.05, 0) is 30.7 Å². The van der Waals surface area contributed by atoms with Gasteiger partial charge in [-0.3, -0.25) is 19.9 Å². The minimum Gasteiger partial charge on any atom is -0.304 e. The quantitative estimate of drug-likeness (QED) is 0.619. The van der Waals surface area contributed by atoms with Crippen LogP contribution in [0.25, 0.3) is 0 Å². The third kappa shape index (κ3) is 1.91. The van der Waals surface area contributed by atoms with Gasteiger partial charge in [0.15, 0.2) is 0 Å². The molecule has 0 spiro atoms. The Bertz CT molecular complexity index is 727. The minimum atomic E-state index is -0.493. The Morgan fingerprint density at radius 1 is 1.30 bits per heavy atom. The first-order valence-corrected chi connectivity index (χ1v) is 6.08. The molecule has 1 aromatic carbocycles. The molecule has 6 heteroatoms. The highest BCUT2D eigenvalue weighted by Gasteiger charge is 2.30. The largest absolute Gasteiger partial charge is 0.304 e. The van der Waals surface area contributed by atoms with E-state index in [4.69, 9.17) is 0 Å². The van der Waals surface area contributed by atoms with E-state index in [-0.39, 0.29) is 11.6 Å². The van der Waals surface area contributed by atoms with Crippen molar-refractivity contribution in [2.45, 2.75) is 13.5 Å². The van der Waals surface area contributed by atoms with Gasteiger partial charge in [-0.1, -0.05) is 0 Å². The molecule has 0 unspecified atom stereocenters. The number of fused-ring (bicyclic) bond motifs is 1. The Morgan fingerprint density at radius 2 is 2.10 bits per heavy atom. The van der Waals surface area contributed by atoms with Crippen LogP contribution in [0, 0.1) is 17.0 Å². The SMILES string of the molecule is Cc1cc(N2Cc3ccc([N+](=O)[O-])cc3C2=O)ccn1. The molecule has 0 fully saturated rings. The first-order chi connectivity index (χ1) is 9.56. The number of benzene rings is 1. The number of pyridine rings is 1. The molecular weight excluding hydrogens is 258 g/mol. The first kappa shape index (κ1) is 12.3. The topological polar surface area (TPSA) is 76.3 Å². The van der Waals surface area contributed by atoms with Gasteiger partial charge in [-0.25, -0.2) is 0 Å². The molecule has 1 aliphatic rings. The average molecular weight is 269 g/mol. The highest BCUT2D eigenvalue weighted by molar-refractivity contribution is 6.10. The highest BCUT2D eigenvalue weighted by Crippen LogP contribution is 2.30. The number of non-ortho nitro benzene ring substituents is 1. The number of nitro groups is 1. The van der Waals surface area contributed by atoms with E-state index in [1.807, 2.05) is 13.0 Å². The van der Waals surface area contributed by atoms with Crippen LogP contribution in [0.1, 0.15) is 21.6 Å². The van der Waals surface area contributed by atoms with Crippen LogP contribution in [0.15, 0.2) is 36.5 Å². The van der Waals surface area contributed by atoms with E-state index in [1.165, 1.54) is 12.1 Å². The van der Waals surface area contributed by atoms with Gasteiger partial charge >= 0.3 is 0 Å². The standard InChI is InChI=1S/C14H11N3O3/c1-9-6-11(4-5-15-9)16-8-10-2-3-12(17(19)20)7-13(10)14(16)18/h2-7H,8H2,1H3. The van der Waals surface area contributed by atoms with Crippen LogP contribution in [0.3, 0.4) is 0 Å². The lowest BCUT2D eigenvalue weighted by Gasteiger charge is -2.15. The molecule has 20 heavy (non-hydrogen) atoms. The third-order valence-electron chi connectivity index (χ3n) is 3.30. The maximum absolute atomic E-state index is 12.4. The molecule has 0 bridgehead atoms. The summed E-state index contributed by atoms with van der Waals surface area (Å²) in [7, 11) is 0. The van der Waals surface area contributed by atoms with Gasteiger partial charge in [0.25, 0.3) is 11.6 Å². The fraction of sp³-hybridized carbons (Fsp3) is 0.143. The highest BCUT2D eigenvalue weighted by atomic mass is 16.6. The molecule has 1 aromatic heterocycles. The summed E-state index contributed by atoms with van der Waals surface area (Å²) in [4.78, 5) is 28.3. The number of carbonyl (C=O) groups excluding carboxylic acids is 1. The van der Waals surface area contributed by atoms with E-state index in [1.54, 1.807) is 23.2 Å². The zero-order valence-corrected chi connectivity index (χ0v) is 10.7. The number of amides is 1. The zero-order valence-electron chi connectivity index (χ0n) is 10.7. The van der Waals surface area contributed by atoms with Crippen molar-refractivity contribution >= 4 is 17.3 Å². The van der Waals surface area contributed by atoms with Crippen molar-refractivity contribution in [1.82, 2.24) is 4.98 Å². The zero-order chi connectivity index (χ0) is 14.3. The Morgan fingerprint density at radius 3 is 2.80 bits per heavy atom. The summed E-state index contributed by atoms with van der Waals surface area (Å²) in [6, 6.07) is 7.97. The number of hydrogen-bond acceptors (Lipinski definition) is 4. The molecular formula is C14H11N3O3. The molecule has 0 saturated carbocycles. The molecule has 6 nitrogen and oxygen atoms in total. The summed E-state index contributed by atoms with van der Waals surface area (Å²) >= 11 is 0. The van der Waals surface area contributed by atoms with Gasteiger partial charge < -0.3 is 4.90 Å². The van der Waals surface area contributed by atoms with E-state index in [2.05, 4.69) is 4.98 Å². The second-order valence-electron chi connectivity index (χ2n) is 4.65. The van der Waals surface area contributed by atoms with Crippen molar-refractivity contribution in [3.8, 4) is 0 Å². The van der Waals surface area contributed by atoms with E-state index in [0.717, 1.165) is 16.9 Å². The van der Waals surface area contributed by atoms with Crippen molar-refractivity contribution < 1.29 is 9.72 Å². The molecule has 0 saturated heterocycles. The van der Waals surface area contributed by atoms with Crippen molar-refractivity contribution in [1.29, 1.82) is 0 Å². The molecule has 100 valence electrons. The first-order valence-electron chi connectivity index (χ1n) is 6.08. The molecule has 1 amide bonds. The number of aryl methyl sites for hydroxylation is 1. The monoisotopic (exact) mass is 269 g/mol. The number of carbonyl (C=O) groups is 1. The number of hydrogen-bond donors (Lipinski definition) is 0. The maximum Gasteiger partial charge on any atom is 0.270 e. The molecule has 0 aliphatic carbocycles. The fourth-order valence-corrected chi connectivity index (χ4v) is 2.31. The van der Waals surface area contributed by atoms with Crippen LogP contribution >= 0.6 is 0 Å². The lowest BCUT2D eigenvalue weighted by molar-refractivity contribution is -0.384. The van der Waals surface area contributed by atoms with Gasteiger partial charge in [0.1, 0.15) is 0 Å². The van der Waals surface area contributed by atoms with E-state index in [9.17, 15) is 14.9 Å². The fourth-order valence-electron chi connectivity index (χ4n) is 2.31. The average Bonchev–Trinajstić information content (AvgIpc) is 2.76. The number of nitro benzene ring substituents is 1. The van der Waals surface area contributed by atoms with Crippen molar-refractivity contribution in [2.75, 3.05) is 4.90 Å². The molecule has 2 heterocycles. The van der Waals surface area contributed by atoms with E-state index < -0.39 is 4.92 Å². The third-order valence-corrected chi connectivity index (χ3v) is 3.30. The second-order valence-corrected chi connectivity index (χ2v) is 4.65. The second kappa shape index (κ2) is 4.41. The molecule has 2 aromatic rings. The predicted molar refractivity (Wildman–Crippen MR) is 72.6 cm³/mol. The van der Waals surface area contributed by atoms with Crippen molar-refractivity contribution in [3.63, 3.8) is 0 Å². The van der Waals surface area contributed by atoms with Crippen molar-refractivity contribution in [2.24, 2.45) is 0 Å². The summed E-state index contributed by atoms with van der Waals surface area (Å²) in [5.74, 6) is -0.214. The van der Waals surface area contributed by atoms with Crippen LogP contribution in [0.2, 0.25) is 0 Å². The van der Waals surface area contributed by atoms with Crippen LogP contribution in [-0.4, -0.2) is 15.8 Å². The van der Waals surface area contributed by atoms with Gasteiger partial charge in [-0.15, -0.1) is 0 Å². The van der Waals surface area contributed by atoms with Crippen LogP contribution in [0.5, 0.6) is 0 Å². The lowest BCUT2D eigenvalue weighted by Crippen LogP contribution is -2.23. The lowest BCUT2D eigenvalue weighted by atomic mass is 10.1. The number of anilines is 1. The summed E-state index contributed by atoms with van der Waals surface area (Å²) < 4.78 is 0. The Hall–Kier alpha value is -2.76. The molecule has 0 atom stereocenters. The van der Waals surface area contributed by atoms with Gasteiger partial charge in [0, 0.05) is 29.7 Å². The summed E-state index contributed by atoms with van der Waals surface area (Å²) in [6.07, 6.45) is 1.64. The molecule has 3 rings (SSSR count). The van der Waals surface area contributed by atoms with Gasteiger partial charge in [-0.2, -0.15) is 0 Å². The normalized spacial score (nSPS) is 13.4. The molecule has 0 radical (unpaired) electrons.